The average Bonchev–Trinajstić information content (AvgIpc) is 2.13. The van der Waals surface area contributed by atoms with Crippen LogP contribution in [0.25, 0.3) is 0 Å². The maximum atomic E-state index is 5.35. The van der Waals surface area contributed by atoms with E-state index >= 15 is 0 Å². The van der Waals surface area contributed by atoms with Gasteiger partial charge in [0.2, 0.25) is 0 Å². The summed E-state index contributed by atoms with van der Waals surface area (Å²) in [5.41, 5.74) is 2.59. The van der Waals surface area contributed by atoms with Gasteiger partial charge in [-0.25, -0.2) is 0 Å². The van der Waals surface area contributed by atoms with Crippen LogP contribution < -0.4 is 10.1 Å². The standard InChI is InChI=1S/C12H17NO/c1-8-4-5-12(14-3)10(6-8)11-7-9(2)13-11/h4-6,9,11,13H,7H2,1-3H3. The topological polar surface area (TPSA) is 21.3 Å². The van der Waals surface area contributed by atoms with Crippen LogP contribution in [0.15, 0.2) is 18.2 Å². The second-order valence-corrected chi connectivity index (χ2v) is 4.10. The lowest BCUT2D eigenvalue weighted by atomic mass is 9.90. The van der Waals surface area contributed by atoms with E-state index < -0.39 is 0 Å². The zero-order chi connectivity index (χ0) is 10.1. The second-order valence-electron chi connectivity index (χ2n) is 4.10. The van der Waals surface area contributed by atoms with Gasteiger partial charge in [0.25, 0.3) is 0 Å². The molecule has 0 spiro atoms. The van der Waals surface area contributed by atoms with E-state index in [1.54, 1.807) is 7.11 Å². The lowest BCUT2D eigenvalue weighted by molar-refractivity contribution is 0.278. The number of ether oxygens (including phenoxy) is 1. The van der Waals surface area contributed by atoms with Crippen LogP contribution in [-0.4, -0.2) is 13.2 Å². The molecule has 2 heteroatoms. The van der Waals surface area contributed by atoms with Gasteiger partial charge in [-0.15, -0.1) is 0 Å². The Bertz CT molecular complexity index is 329. The first kappa shape index (κ1) is 9.53. The molecule has 2 nitrogen and oxygen atoms in total. The number of hydrogen-bond donors (Lipinski definition) is 1. The van der Waals surface area contributed by atoms with Gasteiger partial charge in [0, 0.05) is 17.6 Å². The van der Waals surface area contributed by atoms with Crippen molar-refractivity contribution in [1.29, 1.82) is 0 Å². The lowest BCUT2D eigenvalue weighted by Gasteiger charge is -2.36. The Morgan fingerprint density at radius 2 is 2.14 bits per heavy atom. The molecule has 0 aromatic heterocycles. The van der Waals surface area contributed by atoms with E-state index in [1.807, 2.05) is 0 Å². The fraction of sp³-hybridized carbons (Fsp3) is 0.500. The van der Waals surface area contributed by atoms with Crippen molar-refractivity contribution >= 4 is 0 Å². The fourth-order valence-electron chi connectivity index (χ4n) is 2.02. The van der Waals surface area contributed by atoms with Crippen LogP contribution in [0.2, 0.25) is 0 Å². The maximum absolute atomic E-state index is 5.35. The molecule has 0 amide bonds. The molecule has 0 radical (unpaired) electrons. The summed E-state index contributed by atoms with van der Waals surface area (Å²) in [6.45, 7) is 4.32. The number of rotatable bonds is 2. The first-order valence-electron chi connectivity index (χ1n) is 5.11. The van der Waals surface area contributed by atoms with Gasteiger partial charge in [0.1, 0.15) is 5.75 Å². The van der Waals surface area contributed by atoms with Gasteiger partial charge in [-0.2, -0.15) is 0 Å². The molecule has 0 bridgehead atoms. The van der Waals surface area contributed by atoms with Crippen LogP contribution in [0, 0.1) is 6.92 Å². The molecule has 1 aromatic carbocycles. The van der Waals surface area contributed by atoms with Crippen molar-refractivity contribution in [3.63, 3.8) is 0 Å². The smallest absolute Gasteiger partial charge is 0.123 e. The van der Waals surface area contributed by atoms with E-state index in [-0.39, 0.29) is 0 Å². The lowest BCUT2D eigenvalue weighted by Crippen LogP contribution is -2.43. The summed E-state index contributed by atoms with van der Waals surface area (Å²) in [5.74, 6) is 1.00. The summed E-state index contributed by atoms with van der Waals surface area (Å²) in [5, 5.41) is 3.48. The first-order valence-corrected chi connectivity index (χ1v) is 5.11. The normalized spacial score (nSPS) is 25.6. The summed E-state index contributed by atoms with van der Waals surface area (Å²) >= 11 is 0. The number of hydrogen-bond acceptors (Lipinski definition) is 2. The van der Waals surface area contributed by atoms with E-state index in [0.717, 1.165) is 5.75 Å². The maximum Gasteiger partial charge on any atom is 0.123 e. The molecule has 2 atom stereocenters. The van der Waals surface area contributed by atoms with E-state index in [0.29, 0.717) is 12.1 Å². The Labute approximate surface area is 85.3 Å². The average molecular weight is 191 g/mol. The van der Waals surface area contributed by atoms with Gasteiger partial charge < -0.3 is 10.1 Å². The van der Waals surface area contributed by atoms with Crippen molar-refractivity contribution < 1.29 is 4.74 Å². The Kier molecular flexibility index (Phi) is 2.46. The van der Waals surface area contributed by atoms with Crippen LogP contribution in [0.3, 0.4) is 0 Å². The highest BCUT2D eigenvalue weighted by Crippen LogP contribution is 2.34. The van der Waals surface area contributed by atoms with Gasteiger partial charge in [0.15, 0.2) is 0 Å². The minimum atomic E-state index is 0.486. The third kappa shape index (κ3) is 1.62. The molecule has 1 aliphatic heterocycles. The van der Waals surface area contributed by atoms with E-state index in [2.05, 4.69) is 37.4 Å². The minimum Gasteiger partial charge on any atom is -0.496 e. The zero-order valence-electron chi connectivity index (χ0n) is 9.00. The van der Waals surface area contributed by atoms with Gasteiger partial charge >= 0.3 is 0 Å². The molecule has 1 fully saturated rings. The number of methoxy groups -OCH3 is 1. The molecule has 76 valence electrons. The molecule has 14 heavy (non-hydrogen) atoms. The van der Waals surface area contributed by atoms with Crippen molar-refractivity contribution in [2.24, 2.45) is 0 Å². The highest BCUT2D eigenvalue weighted by Gasteiger charge is 2.27. The van der Waals surface area contributed by atoms with Crippen molar-refractivity contribution in [2.75, 3.05) is 7.11 Å². The number of aryl methyl sites for hydroxylation is 1. The van der Waals surface area contributed by atoms with Crippen LogP contribution in [0.5, 0.6) is 5.75 Å². The molecule has 2 unspecified atom stereocenters. The monoisotopic (exact) mass is 191 g/mol. The fourth-order valence-corrected chi connectivity index (χ4v) is 2.02. The Hall–Kier alpha value is -1.02. The van der Waals surface area contributed by atoms with Gasteiger partial charge in [-0.05, 0) is 26.3 Å². The molecule has 0 saturated carbocycles. The van der Waals surface area contributed by atoms with Crippen LogP contribution in [-0.2, 0) is 0 Å². The summed E-state index contributed by atoms with van der Waals surface area (Å²) in [7, 11) is 1.73. The Morgan fingerprint density at radius 3 is 2.71 bits per heavy atom. The summed E-state index contributed by atoms with van der Waals surface area (Å²) in [6, 6.07) is 7.48. The molecular weight excluding hydrogens is 174 g/mol. The third-order valence-electron chi connectivity index (χ3n) is 2.84. The van der Waals surface area contributed by atoms with Crippen LogP contribution >= 0.6 is 0 Å². The van der Waals surface area contributed by atoms with Crippen molar-refractivity contribution in [2.45, 2.75) is 32.4 Å². The first-order chi connectivity index (χ1) is 6.70. The molecule has 1 N–H and O–H groups in total. The molecule has 1 aliphatic rings. The zero-order valence-corrected chi connectivity index (χ0v) is 9.00. The summed E-state index contributed by atoms with van der Waals surface area (Å²) in [6.07, 6.45) is 1.21. The molecule has 1 heterocycles. The van der Waals surface area contributed by atoms with E-state index in [9.17, 15) is 0 Å². The number of benzene rings is 1. The minimum absolute atomic E-state index is 0.486. The van der Waals surface area contributed by atoms with Gasteiger partial charge in [-0.1, -0.05) is 17.7 Å². The Morgan fingerprint density at radius 1 is 1.43 bits per heavy atom. The molecular formula is C12H17NO. The highest BCUT2D eigenvalue weighted by atomic mass is 16.5. The quantitative estimate of drug-likeness (QED) is 0.775. The van der Waals surface area contributed by atoms with Crippen LogP contribution in [0.1, 0.15) is 30.5 Å². The largest absolute Gasteiger partial charge is 0.496 e. The summed E-state index contributed by atoms with van der Waals surface area (Å²) < 4.78 is 5.35. The third-order valence-corrected chi connectivity index (χ3v) is 2.84. The van der Waals surface area contributed by atoms with E-state index in [4.69, 9.17) is 4.74 Å². The molecule has 1 saturated heterocycles. The van der Waals surface area contributed by atoms with Crippen molar-refractivity contribution in [3.8, 4) is 5.75 Å². The second kappa shape index (κ2) is 3.62. The summed E-state index contributed by atoms with van der Waals surface area (Å²) in [4.78, 5) is 0. The predicted octanol–water partition coefficient (Wildman–Crippen LogP) is 2.43. The van der Waals surface area contributed by atoms with Crippen molar-refractivity contribution in [3.05, 3.63) is 29.3 Å². The SMILES string of the molecule is COc1ccc(C)cc1C1CC(C)N1. The number of nitrogens with one attached hydrogen (secondary N) is 1. The highest BCUT2D eigenvalue weighted by molar-refractivity contribution is 5.40. The van der Waals surface area contributed by atoms with Gasteiger partial charge in [0.05, 0.1) is 7.11 Å². The van der Waals surface area contributed by atoms with Crippen LogP contribution in [0.4, 0.5) is 0 Å². The molecule has 2 rings (SSSR count). The molecule has 0 aliphatic carbocycles. The van der Waals surface area contributed by atoms with Gasteiger partial charge in [-0.3, -0.25) is 0 Å². The van der Waals surface area contributed by atoms with Crippen molar-refractivity contribution in [1.82, 2.24) is 5.32 Å². The predicted molar refractivity (Wildman–Crippen MR) is 57.7 cm³/mol. The van der Waals surface area contributed by atoms with E-state index in [1.165, 1.54) is 17.5 Å². The molecule has 1 aromatic rings. The Balaban J connectivity index is 2.26.